The van der Waals surface area contributed by atoms with E-state index in [0.717, 1.165) is 31.2 Å². The molecule has 0 radical (unpaired) electrons. The first-order chi connectivity index (χ1) is 4.93. The molecule has 0 unspecified atom stereocenters. The van der Waals surface area contributed by atoms with Crippen LogP contribution in [0.25, 0.3) is 0 Å². The fourth-order valence-electron chi connectivity index (χ4n) is 0.860. The minimum atomic E-state index is 0.753. The number of hydrogen-bond acceptors (Lipinski definition) is 3. The van der Waals surface area contributed by atoms with Gasteiger partial charge in [0.1, 0.15) is 0 Å². The van der Waals surface area contributed by atoms with Gasteiger partial charge in [0.15, 0.2) is 5.90 Å². The first kappa shape index (κ1) is 7.92. The SMILES string of the molecule is CCOC1=NCCSCC1. The fourth-order valence-corrected chi connectivity index (χ4v) is 1.60. The maximum Gasteiger partial charge on any atom is 0.184 e. The third-order valence-electron chi connectivity index (χ3n) is 1.29. The van der Waals surface area contributed by atoms with Gasteiger partial charge in [-0.15, -0.1) is 0 Å². The van der Waals surface area contributed by atoms with E-state index >= 15 is 0 Å². The molecule has 0 aromatic carbocycles. The second-order valence-corrected chi connectivity index (χ2v) is 3.30. The van der Waals surface area contributed by atoms with Gasteiger partial charge < -0.3 is 4.74 Å². The molecule has 1 heterocycles. The summed E-state index contributed by atoms with van der Waals surface area (Å²) in [7, 11) is 0. The summed E-state index contributed by atoms with van der Waals surface area (Å²) in [6, 6.07) is 0. The van der Waals surface area contributed by atoms with Crippen molar-refractivity contribution in [1.82, 2.24) is 0 Å². The van der Waals surface area contributed by atoms with Gasteiger partial charge in [0, 0.05) is 17.9 Å². The maximum atomic E-state index is 5.30. The molecule has 0 fully saturated rings. The average Bonchev–Trinajstić information content (AvgIpc) is 2.17. The van der Waals surface area contributed by atoms with Crippen LogP contribution in [0.2, 0.25) is 0 Å². The first-order valence-corrected chi connectivity index (χ1v) is 4.83. The molecule has 0 saturated heterocycles. The Balaban J connectivity index is 2.31. The average molecular weight is 159 g/mol. The van der Waals surface area contributed by atoms with Gasteiger partial charge in [0.05, 0.1) is 13.2 Å². The van der Waals surface area contributed by atoms with E-state index in [1.165, 1.54) is 5.75 Å². The summed E-state index contributed by atoms with van der Waals surface area (Å²) < 4.78 is 5.30. The molecule has 0 saturated carbocycles. The molecule has 0 aromatic rings. The van der Waals surface area contributed by atoms with Crippen molar-refractivity contribution in [3.8, 4) is 0 Å². The van der Waals surface area contributed by atoms with E-state index in [9.17, 15) is 0 Å². The Hall–Kier alpha value is -0.180. The Bertz CT molecular complexity index is 125. The number of ether oxygens (including phenoxy) is 1. The molecule has 0 atom stereocenters. The van der Waals surface area contributed by atoms with Gasteiger partial charge >= 0.3 is 0 Å². The summed E-state index contributed by atoms with van der Waals surface area (Å²) >= 11 is 1.95. The minimum absolute atomic E-state index is 0.753. The van der Waals surface area contributed by atoms with Crippen LogP contribution in [0.5, 0.6) is 0 Å². The predicted octanol–water partition coefficient (Wildman–Crippen LogP) is 1.56. The summed E-state index contributed by atoms with van der Waals surface area (Å²) in [5, 5.41) is 0. The summed E-state index contributed by atoms with van der Waals surface area (Å²) in [5.41, 5.74) is 0. The molecular formula is C7H13NOS. The van der Waals surface area contributed by atoms with Crippen molar-refractivity contribution < 1.29 is 4.74 Å². The topological polar surface area (TPSA) is 21.6 Å². The number of rotatable bonds is 1. The van der Waals surface area contributed by atoms with Crippen LogP contribution in [-0.2, 0) is 4.74 Å². The number of nitrogens with zero attached hydrogens (tertiary/aromatic N) is 1. The van der Waals surface area contributed by atoms with Gasteiger partial charge in [-0.05, 0) is 6.92 Å². The van der Waals surface area contributed by atoms with Crippen molar-refractivity contribution in [1.29, 1.82) is 0 Å². The molecule has 0 spiro atoms. The molecule has 1 aliphatic rings. The Labute approximate surface area is 66.1 Å². The van der Waals surface area contributed by atoms with Crippen molar-refractivity contribution in [2.75, 3.05) is 24.7 Å². The molecule has 58 valence electrons. The van der Waals surface area contributed by atoms with Crippen LogP contribution in [0.3, 0.4) is 0 Å². The van der Waals surface area contributed by atoms with Gasteiger partial charge in [-0.2, -0.15) is 11.8 Å². The van der Waals surface area contributed by atoms with Crippen LogP contribution in [0.1, 0.15) is 13.3 Å². The van der Waals surface area contributed by atoms with E-state index in [2.05, 4.69) is 4.99 Å². The standard InChI is InChI=1S/C7H13NOS/c1-2-9-7-3-5-10-6-4-8-7/h2-6H2,1H3. The maximum absolute atomic E-state index is 5.30. The fraction of sp³-hybridized carbons (Fsp3) is 0.857. The number of thioether (sulfide) groups is 1. The second-order valence-electron chi connectivity index (χ2n) is 2.07. The second kappa shape index (κ2) is 4.61. The number of aliphatic imine (C=N–C) groups is 1. The largest absolute Gasteiger partial charge is 0.481 e. The quantitative estimate of drug-likeness (QED) is 0.579. The number of hydrogen-bond donors (Lipinski definition) is 0. The molecule has 0 aliphatic carbocycles. The van der Waals surface area contributed by atoms with E-state index in [1.807, 2.05) is 18.7 Å². The molecule has 2 nitrogen and oxygen atoms in total. The van der Waals surface area contributed by atoms with Crippen LogP contribution in [0.15, 0.2) is 4.99 Å². The Kier molecular flexibility index (Phi) is 3.65. The van der Waals surface area contributed by atoms with Crippen molar-refractivity contribution in [3.05, 3.63) is 0 Å². The molecule has 0 aromatic heterocycles. The third-order valence-corrected chi connectivity index (χ3v) is 2.26. The van der Waals surface area contributed by atoms with Crippen molar-refractivity contribution in [3.63, 3.8) is 0 Å². The highest BCUT2D eigenvalue weighted by Crippen LogP contribution is 2.08. The molecule has 0 bridgehead atoms. The highest BCUT2D eigenvalue weighted by atomic mass is 32.2. The van der Waals surface area contributed by atoms with Gasteiger partial charge in [-0.1, -0.05) is 0 Å². The Morgan fingerprint density at radius 2 is 2.50 bits per heavy atom. The van der Waals surface area contributed by atoms with Crippen LogP contribution in [0.4, 0.5) is 0 Å². The zero-order chi connectivity index (χ0) is 7.23. The lowest BCUT2D eigenvalue weighted by atomic mass is 10.5. The molecular weight excluding hydrogens is 146 g/mol. The van der Waals surface area contributed by atoms with E-state index in [4.69, 9.17) is 4.74 Å². The zero-order valence-electron chi connectivity index (χ0n) is 6.30. The lowest BCUT2D eigenvalue weighted by Gasteiger charge is -2.02. The van der Waals surface area contributed by atoms with Crippen molar-refractivity contribution in [2.24, 2.45) is 4.99 Å². The lowest BCUT2D eigenvalue weighted by molar-refractivity contribution is 0.318. The Morgan fingerprint density at radius 1 is 1.60 bits per heavy atom. The lowest BCUT2D eigenvalue weighted by Crippen LogP contribution is -2.04. The molecule has 1 aliphatic heterocycles. The summed E-state index contributed by atoms with van der Waals surface area (Å²) in [4.78, 5) is 4.29. The summed E-state index contributed by atoms with van der Waals surface area (Å²) in [6.07, 6.45) is 1.01. The molecule has 3 heteroatoms. The normalized spacial score (nSPS) is 19.5. The van der Waals surface area contributed by atoms with E-state index < -0.39 is 0 Å². The van der Waals surface area contributed by atoms with Gasteiger partial charge in [0.25, 0.3) is 0 Å². The van der Waals surface area contributed by atoms with Crippen molar-refractivity contribution in [2.45, 2.75) is 13.3 Å². The smallest absolute Gasteiger partial charge is 0.184 e. The van der Waals surface area contributed by atoms with Crippen LogP contribution < -0.4 is 0 Å². The van der Waals surface area contributed by atoms with E-state index in [-0.39, 0.29) is 0 Å². The molecule has 10 heavy (non-hydrogen) atoms. The van der Waals surface area contributed by atoms with Gasteiger partial charge in [-0.3, -0.25) is 4.99 Å². The first-order valence-electron chi connectivity index (χ1n) is 3.67. The summed E-state index contributed by atoms with van der Waals surface area (Å²) in [5.74, 6) is 3.27. The van der Waals surface area contributed by atoms with Gasteiger partial charge in [0.2, 0.25) is 0 Å². The molecule has 0 amide bonds. The third kappa shape index (κ3) is 2.60. The highest BCUT2D eigenvalue weighted by molar-refractivity contribution is 7.99. The molecule has 0 N–H and O–H groups in total. The monoisotopic (exact) mass is 159 g/mol. The van der Waals surface area contributed by atoms with Crippen LogP contribution in [0, 0.1) is 0 Å². The van der Waals surface area contributed by atoms with E-state index in [0.29, 0.717) is 0 Å². The molecule has 1 rings (SSSR count). The predicted molar refractivity (Wildman–Crippen MR) is 45.9 cm³/mol. The van der Waals surface area contributed by atoms with Gasteiger partial charge in [-0.25, -0.2) is 0 Å². The van der Waals surface area contributed by atoms with Crippen LogP contribution >= 0.6 is 11.8 Å². The zero-order valence-corrected chi connectivity index (χ0v) is 7.12. The van der Waals surface area contributed by atoms with Crippen molar-refractivity contribution >= 4 is 17.7 Å². The minimum Gasteiger partial charge on any atom is -0.481 e. The van der Waals surface area contributed by atoms with E-state index in [1.54, 1.807) is 0 Å². The highest BCUT2D eigenvalue weighted by Gasteiger charge is 2.03. The summed E-state index contributed by atoms with van der Waals surface area (Å²) in [6.45, 7) is 3.68. The van der Waals surface area contributed by atoms with Crippen LogP contribution in [-0.4, -0.2) is 30.6 Å². The Morgan fingerprint density at radius 3 is 3.30 bits per heavy atom.